The summed E-state index contributed by atoms with van der Waals surface area (Å²) in [6, 6.07) is 11.8. The molecule has 4 heteroatoms. The summed E-state index contributed by atoms with van der Waals surface area (Å²) < 4.78 is 18.5. The average Bonchev–Trinajstić information content (AvgIpc) is 3.05. The Hall–Kier alpha value is -2.75. The summed E-state index contributed by atoms with van der Waals surface area (Å²) >= 11 is 0. The van der Waals surface area contributed by atoms with Gasteiger partial charge in [0.15, 0.2) is 5.78 Å². The summed E-state index contributed by atoms with van der Waals surface area (Å²) in [5.74, 6) is 0.374. The van der Waals surface area contributed by atoms with Crippen molar-refractivity contribution in [3.05, 3.63) is 65.7 Å². The number of ketones is 1. The molecule has 0 spiro atoms. The van der Waals surface area contributed by atoms with Gasteiger partial charge in [0.1, 0.15) is 17.8 Å². The van der Waals surface area contributed by atoms with Crippen molar-refractivity contribution in [2.24, 2.45) is 0 Å². The molecule has 0 atom stereocenters. The number of benzene rings is 2. The van der Waals surface area contributed by atoms with E-state index in [9.17, 15) is 9.18 Å². The Morgan fingerprint density at radius 3 is 2.61 bits per heavy atom. The van der Waals surface area contributed by atoms with Crippen molar-refractivity contribution in [3.63, 3.8) is 0 Å². The summed E-state index contributed by atoms with van der Waals surface area (Å²) in [5.41, 5.74) is 4.26. The van der Waals surface area contributed by atoms with Gasteiger partial charge in [-0.3, -0.25) is 4.79 Å². The largest absolute Gasteiger partial charge is 0.444 e. The molecule has 0 saturated carbocycles. The van der Waals surface area contributed by atoms with E-state index in [0.717, 1.165) is 35.1 Å². The number of carbonyl (C=O) groups is 1. The minimum absolute atomic E-state index is 0.213. The molecule has 23 heavy (non-hydrogen) atoms. The van der Waals surface area contributed by atoms with Crippen LogP contribution < -0.4 is 0 Å². The number of hydrogen-bond donors (Lipinski definition) is 0. The first-order chi connectivity index (χ1) is 11.2. The van der Waals surface area contributed by atoms with E-state index in [1.165, 1.54) is 12.1 Å². The van der Waals surface area contributed by atoms with Crippen LogP contribution in [-0.4, -0.2) is 10.8 Å². The van der Waals surface area contributed by atoms with E-state index >= 15 is 0 Å². The lowest BCUT2D eigenvalue weighted by molar-refractivity contribution is 0.0972. The first-order valence-corrected chi connectivity index (χ1v) is 7.59. The van der Waals surface area contributed by atoms with Crippen molar-refractivity contribution in [2.75, 3.05) is 0 Å². The molecule has 1 aliphatic rings. The molecule has 0 aliphatic heterocycles. The fraction of sp³-hybridized carbons (Fsp3) is 0.158. The highest BCUT2D eigenvalue weighted by Crippen LogP contribution is 2.29. The van der Waals surface area contributed by atoms with Gasteiger partial charge >= 0.3 is 0 Å². The molecule has 0 radical (unpaired) electrons. The number of fused-ring (bicyclic) bond motifs is 1. The maximum atomic E-state index is 13.0. The third kappa shape index (κ3) is 2.57. The van der Waals surface area contributed by atoms with Gasteiger partial charge < -0.3 is 4.42 Å². The lowest BCUT2D eigenvalue weighted by Gasteiger charge is -2.14. The first-order valence-electron chi connectivity index (χ1n) is 7.59. The van der Waals surface area contributed by atoms with Gasteiger partial charge in [0, 0.05) is 23.1 Å². The molecule has 0 amide bonds. The van der Waals surface area contributed by atoms with Crippen molar-refractivity contribution < 1.29 is 13.6 Å². The number of aromatic nitrogens is 1. The van der Waals surface area contributed by atoms with E-state index in [4.69, 9.17) is 4.42 Å². The number of nitrogens with zero attached hydrogens (tertiary/aromatic N) is 1. The second-order valence-corrected chi connectivity index (χ2v) is 5.69. The molecule has 2 aromatic carbocycles. The molecule has 3 aromatic rings. The minimum atomic E-state index is -0.292. The molecule has 0 saturated heterocycles. The van der Waals surface area contributed by atoms with Gasteiger partial charge in [0.2, 0.25) is 5.89 Å². The van der Waals surface area contributed by atoms with Gasteiger partial charge in [0.05, 0.1) is 0 Å². The van der Waals surface area contributed by atoms with E-state index in [1.807, 2.05) is 18.2 Å². The number of oxazole rings is 1. The zero-order chi connectivity index (χ0) is 15.8. The monoisotopic (exact) mass is 307 g/mol. The zero-order valence-electron chi connectivity index (χ0n) is 12.4. The number of halogens is 1. The molecule has 0 fully saturated rings. The van der Waals surface area contributed by atoms with Crippen LogP contribution in [0.25, 0.3) is 22.7 Å². The maximum absolute atomic E-state index is 13.0. The topological polar surface area (TPSA) is 43.1 Å². The molecule has 114 valence electrons. The predicted octanol–water partition coefficient (Wildman–Crippen LogP) is 4.67. The number of carbonyl (C=O) groups excluding carboxylic acids is 1. The molecule has 1 heterocycles. The number of hydrogen-bond acceptors (Lipinski definition) is 3. The van der Waals surface area contributed by atoms with Gasteiger partial charge in [-0.25, -0.2) is 9.37 Å². The standard InChI is InChI=1S/C19H14FNO2/c20-15-7-4-12(5-8-15)19-21-17(11-23-19)14-6-9-16-13(10-14)2-1-3-18(16)22/h4-11H,1-3H2. The molecule has 0 N–H and O–H groups in total. The molecule has 4 rings (SSSR count). The van der Waals surface area contributed by atoms with Gasteiger partial charge in [-0.2, -0.15) is 0 Å². The summed E-state index contributed by atoms with van der Waals surface area (Å²) in [6.45, 7) is 0. The number of aryl methyl sites for hydroxylation is 1. The van der Waals surface area contributed by atoms with Crippen molar-refractivity contribution in [3.8, 4) is 22.7 Å². The van der Waals surface area contributed by atoms with Crippen LogP contribution in [0, 0.1) is 5.82 Å². The predicted molar refractivity (Wildman–Crippen MR) is 84.6 cm³/mol. The van der Waals surface area contributed by atoms with Crippen LogP contribution in [0.1, 0.15) is 28.8 Å². The molecule has 3 nitrogen and oxygen atoms in total. The Morgan fingerprint density at radius 2 is 1.78 bits per heavy atom. The third-order valence-corrected chi connectivity index (χ3v) is 4.15. The second kappa shape index (κ2) is 5.47. The fourth-order valence-corrected chi connectivity index (χ4v) is 2.94. The quantitative estimate of drug-likeness (QED) is 0.691. The van der Waals surface area contributed by atoms with E-state index in [1.54, 1.807) is 18.4 Å². The Kier molecular flexibility index (Phi) is 3.30. The highest BCUT2D eigenvalue weighted by molar-refractivity contribution is 5.98. The van der Waals surface area contributed by atoms with Crippen molar-refractivity contribution in [1.29, 1.82) is 0 Å². The third-order valence-electron chi connectivity index (χ3n) is 4.15. The summed E-state index contributed by atoms with van der Waals surface area (Å²) in [7, 11) is 0. The normalized spacial score (nSPS) is 13.9. The van der Waals surface area contributed by atoms with Crippen molar-refractivity contribution >= 4 is 5.78 Å². The molecular formula is C19H14FNO2. The molecular weight excluding hydrogens is 293 g/mol. The zero-order valence-corrected chi connectivity index (χ0v) is 12.4. The smallest absolute Gasteiger partial charge is 0.226 e. The molecule has 1 aliphatic carbocycles. The van der Waals surface area contributed by atoms with Crippen LogP contribution in [0.2, 0.25) is 0 Å². The van der Waals surface area contributed by atoms with Gasteiger partial charge in [-0.1, -0.05) is 12.1 Å². The van der Waals surface area contributed by atoms with Crippen LogP contribution in [0.15, 0.2) is 53.1 Å². The highest BCUT2D eigenvalue weighted by Gasteiger charge is 2.18. The minimum Gasteiger partial charge on any atom is -0.444 e. The van der Waals surface area contributed by atoms with E-state index in [2.05, 4.69) is 4.98 Å². The second-order valence-electron chi connectivity index (χ2n) is 5.69. The van der Waals surface area contributed by atoms with E-state index in [0.29, 0.717) is 18.0 Å². The van der Waals surface area contributed by atoms with Crippen molar-refractivity contribution in [1.82, 2.24) is 4.98 Å². The summed E-state index contributed by atoms with van der Waals surface area (Å²) in [6.07, 6.45) is 4.03. The molecule has 0 unspecified atom stereocenters. The van der Waals surface area contributed by atoms with Crippen LogP contribution in [0.3, 0.4) is 0 Å². The van der Waals surface area contributed by atoms with Crippen LogP contribution in [0.5, 0.6) is 0 Å². The van der Waals surface area contributed by atoms with Crippen LogP contribution in [-0.2, 0) is 6.42 Å². The fourth-order valence-electron chi connectivity index (χ4n) is 2.94. The molecule has 1 aromatic heterocycles. The maximum Gasteiger partial charge on any atom is 0.226 e. The highest BCUT2D eigenvalue weighted by atomic mass is 19.1. The Balaban J connectivity index is 1.69. The van der Waals surface area contributed by atoms with E-state index in [-0.39, 0.29) is 11.6 Å². The lowest BCUT2D eigenvalue weighted by Crippen LogP contribution is -2.10. The van der Waals surface area contributed by atoms with Crippen molar-refractivity contribution in [2.45, 2.75) is 19.3 Å². The SMILES string of the molecule is O=C1CCCc2cc(-c3coc(-c4ccc(F)cc4)n3)ccc21. The number of rotatable bonds is 2. The van der Waals surface area contributed by atoms with Crippen LogP contribution >= 0.6 is 0 Å². The van der Waals surface area contributed by atoms with Crippen LogP contribution in [0.4, 0.5) is 4.39 Å². The lowest BCUT2D eigenvalue weighted by atomic mass is 9.89. The Morgan fingerprint density at radius 1 is 1.00 bits per heavy atom. The summed E-state index contributed by atoms with van der Waals surface area (Å²) in [5, 5.41) is 0. The first kappa shape index (κ1) is 13.9. The summed E-state index contributed by atoms with van der Waals surface area (Å²) in [4.78, 5) is 16.4. The Bertz CT molecular complexity index is 881. The van der Waals surface area contributed by atoms with Gasteiger partial charge in [-0.15, -0.1) is 0 Å². The average molecular weight is 307 g/mol. The van der Waals surface area contributed by atoms with E-state index < -0.39 is 0 Å². The van der Waals surface area contributed by atoms with Gasteiger partial charge in [0.25, 0.3) is 0 Å². The molecule has 0 bridgehead atoms. The van der Waals surface area contributed by atoms with Gasteiger partial charge in [-0.05, 0) is 48.7 Å². The Labute approximate surface area is 132 Å². The number of Topliss-reactive ketones (excluding diaryl/α,β-unsaturated/α-hetero) is 1.